The van der Waals surface area contributed by atoms with Crippen LogP contribution in [0.4, 0.5) is 0 Å². The van der Waals surface area contributed by atoms with Gasteiger partial charge in [-0.05, 0) is 25.7 Å². The van der Waals surface area contributed by atoms with Gasteiger partial charge in [-0.3, -0.25) is 9.59 Å². The van der Waals surface area contributed by atoms with Gasteiger partial charge in [-0.25, -0.2) is 0 Å². The maximum absolute atomic E-state index is 13.5. The molecule has 0 radical (unpaired) electrons. The molecule has 0 bridgehead atoms. The average molecular weight is 1140 g/mol. The van der Waals surface area contributed by atoms with E-state index in [9.17, 15) is 35.1 Å². The van der Waals surface area contributed by atoms with Crippen molar-refractivity contribution in [3.8, 4) is 0 Å². The lowest BCUT2D eigenvalue weighted by molar-refractivity contribution is -0.305. The number of esters is 1. The van der Waals surface area contributed by atoms with Crippen LogP contribution in [0.1, 0.15) is 355 Å². The fourth-order valence-corrected chi connectivity index (χ4v) is 11.4. The van der Waals surface area contributed by atoms with Crippen molar-refractivity contribution in [1.82, 2.24) is 5.32 Å². The molecule has 1 amide bonds. The number of allylic oxidation sites excluding steroid dienone is 1. The molecular formula is C69H133NO10. The first-order chi connectivity index (χ1) is 39.2. The van der Waals surface area contributed by atoms with Crippen LogP contribution in [0.15, 0.2) is 12.2 Å². The third kappa shape index (κ3) is 44.9. The second-order valence-corrected chi connectivity index (χ2v) is 24.6. The van der Waals surface area contributed by atoms with Crippen LogP contribution in [0.5, 0.6) is 0 Å². The minimum absolute atomic E-state index is 0.131. The minimum Gasteiger partial charge on any atom is -0.454 e. The summed E-state index contributed by atoms with van der Waals surface area (Å²) in [5.41, 5.74) is 0. The molecule has 0 aromatic carbocycles. The number of hydrogen-bond acceptors (Lipinski definition) is 10. The predicted octanol–water partition coefficient (Wildman–Crippen LogP) is 17.5. The van der Waals surface area contributed by atoms with Crippen molar-refractivity contribution in [3.63, 3.8) is 0 Å². The molecule has 11 heteroatoms. The predicted molar refractivity (Wildman–Crippen MR) is 334 cm³/mol. The first kappa shape index (κ1) is 76.4. The Morgan fingerprint density at radius 2 is 0.812 bits per heavy atom. The van der Waals surface area contributed by atoms with E-state index in [-0.39, 0.29) is 13.0 Å². The zero-order valence-corrected chi connectivity index (χ0v) is 52.7. The highest BCUT2D eigenvalue weighted by molar-refractivity contribution is 5.80. The van der Waals surface area contributed by atoms with Crippen molar-refractivity contribution in [3.05, 3.63) is 12.2 Å². The van der Waals surface area contributed by atoms with Gasteiger partial charge in [0.25, 0.3) is 0 Å². The van der Waals surface area contributed by atoms with Gasteiger partial charge in [-0.15, -0.1) is 0 Å². The van der Waals surface area contributed by atoms with Crippen LogP contribution in [-0.4, -0.2) is 99.6 Å². The number of unbranched alkanes of at least 4 members (excludes halogenated alkanes) is 47. The van der Waals surface area contributed by atoms with E-state index in [1.54, 1.807) is 6.08 Å². The Morgan fingerprint density at radius 3 is 1.18 bits per heavy atom. The lowest BCUT2D eigenvalue weighted by Gasteiger charge is -2.41. The summed E-state index contributed by atoms with van der Waals surface area (Å²) in [6, 6.07) is -1.02. The van der Waals surface area contributed by atoms with Crippen molar-refractivity contribution < 1.29 is 49.3 Å². The highest BCUT2D eigenvalue weighted by Crippen LogP contribution is 2.26. The van der Waals surface area contributed by atoms with Crippen LogP contribution in [0.2, 0.25) is 0 Å². The van der Waals surface area contributed by atoms with E-state index >= 15 is 0 Å². The quantitative estimate of drug-likeness (QED) is 0.0195. The molecule has 0 aromatic heterocycles. The fourth-order valence-electron chi connectivity index (χ4n) is 11.4. The van der Waals surface area contributed by atoms with E-state index in [1.807, 2.05) is 6.08 Å². The van der Waals surface area contributed by atoms with Gasteiger partial charge >= 0.3 is 5.97 Å². The second kappa shape index (κ2) is 57.8. The summed E-state index contributed by atoms with van der Waals surface area (Å²) in [6.07, 6.45) is 56.9. The lowest BCUT2D eigenvalue weighted by atomic mass is 9.99. The van der Waals surface area contributed by atoms with Gasteiger partial charge < -0.3 is 45.1 Å². The molecule has 8 atom stereocenters. The number of hydrogen-bond donors (Lipinski definition) is 6. The molecule has 0 aromatic rings. The summed E-state index contributed by atoms with van der Waals surface area (Å²) < 4.78 is 17.7. The number of aliphatic hydroxyl groups is 5. The normalized spacial score (nSPS) is 18.7. The van der Waals surface area contributed by atoms with Crippen molar-refractivity contribution in [2.24, 2.45) is 0 Å². The van der Waals surface area contributed by atoms with Crippen molar-refractivity contribution >= 4 is 11.9 Å². The number of aliphatic hydroxyl groups excluding tert-OH is 5. The summed E-state index contributed by atoms with van der Waals surface area (Å²) in [4.78, 5) is 26.6. The summed E-state index contributed by atoms with van der Waals surface area (Å²) in [7, 11) is 0. The van der Waals surface area contributed by atoms with Crippen molar-refractivity contribution in [2.45, 2.75) is 404 Å². The highest BCUT2D eigenvalue weighted by atomic mass is 16.7. The van der Waals surface area contributed by atoms with Crippen LogP contribution < -0.4 is 5.32 Å². The molecular weight excluding hydrogens is 1000 g/mol. The molecule has 11 nitrogen and oxygen atoms in total. The lowest BCUT2D eigenvalue weighted by Crippen LogP contribution is -2.61. The molecule has 80 heavy (non-hydrogen) atoms. The van der Waals surface area contributed by atoms with E-state index in [0.29, 0.717) is 19.3 Å². The average Bonchev–Trinajstić information content (AvgIpc) is 3.53. The van der Waals surface area contributed by atoms with Crippen LogP contribution >= 0.6 is 0 Å². The standard InChI is InChI=1S/C69H133NO10/c1-4-7-10-13-16-19-22-25-27-28-29-30-31-32-33-34-35-36-38-41-44-47-50-53-56-62(73)68(77)70-60(61(72)55-52-49-46-43-40-37-24-21-18-15-12-9-6-3)59-78-69-67(66(76)65(75)63(58-71)79-69)80-64(74)57-54-51-48-45-42-39-26-23-20-17-14-11-8-5-2/h52,55,60-63,65-67,69,71-73,75-76H,4-51,53-54,56-59H2,1-3H3,(H,70,77)/b55-52+. The molecule has 0 saturated carbocycles. The van der Waals surface area contributed by atoms with Gasteiger partial charge in [0.1, 0.15) is 24.4 Å². The second-order valence-electron chi connectivity index (χ2n) is 24.6. The maximum atomic E-state index is 13.5. The molecule has 1 rings (SSSR count). The summed E-state index contributed by atoms with van der Waals surface area (Å²) in [5, 5.41) is 57.2. The van der Waals surface area contributed by atoms with Gasteiger partial charge in [-0.2, -0.15) is 0 Å². The molecule has 0 spiro atoms. The largest absolute Gasteiger partial charge is 0.454 e. The molecule has 8 unspecified atom stereocenters. The Labute approximate surface area is 493 Å². The molecule has 0 aliphatic carbocycles. The van der Waals surface area contributed by atoms with Crippen LogP contribution in [0.3, 0.4) is 0 Å². The Morgan fingerprint density at radius 1 is 0.475 bits per heavy atom. The number of amides is 1. The van der Waals surface area contributed by atoms with E-state index in [2.05, 4.69) is 26.1 Å². The smallest absolute Gasteiger partial charge is 0.306 e. The SMILES string of the molecule is CCCCCCCCCCCCC/C=C/C(O)C(COC1OC(CO)C(O)C(O)C1OC(=O)CCCCCCCCCCCCCCCC)NC(=O)C(O)CCCCCCCCCCCCCCCCCCCCCCCCCC. The summed E-state index contributed by atoms with van der Waals surface area (Å²) >= 11 is 0. The van der Waals surface area contributed by atoms with Crippen LogP contribution in [0.25, 0.3) is 0 Å². The van der Waals surface area contributed by atoms with Gasteiger partial charge in [0.15, 0.2) is 12.4 Å². The third-order valence-corrected chi connectivity index (χ3v) is 16.9. The Hall–Kier alpha value is -1.60. The molecule has 1 saturated heterocycles. The molecule has 6 N–H and O–H groups in total. The molecule has 1 fully saturated rings. The monoisotopic (exact) mass is 1140 g/mol. The highest BCUT2D eigenvalue weighted by Gasteiger charge is 2.47. The Kier molecular flexibility index (Phi) is 55.2. The van der Waals surface area contributed by atoms with Crippen molar-refractivity contribution in [1.29, 1.82) is 0 Å². The van der Waals surface area contributed by atoms with E-state index < -0.39 is 67.4 Å². The van der Waals surface area contributed by atoms with Crippen LogP contribution in [0, 0.1) is 0 Å². The van der Waals surface area contributed by atoms with E-state index in [1.165, 1.54) is 250 Å². The maximum Gasteiger partial charge on any atom is 0.306 e. The molecule has 1 heterocycles. The Balaban J connectivity index is 2.57. The number of carbonyl (C=O) groups is 2. The fraction of sp³-hybridized carbons (Fsp3) is 0.942. The minimum atomic E-state index is -1.61. The number of rotatable bonds is 61. The van der Waals surface area contributed by atoms with Gasteiger partial charge in [0, 0.05) is 6.42 Å². The van der Waals surface area contributed by atoms with Gasteiger partial charge in [0.2, 0.25) is 5.91 Å². The van der Waals surface area contributed by atoms with Gasteiger partial charge in [0.05, 0.1) is 25.4 Å². The number of ether oxygens (including phenoxy) is 3. The first-order valence-corrected chi connectivity index (χ1v) is 35.0. The van der Waals surface area contributed by atoms with E-state index in [4.69, 9.17) is 14.2 Å². The molecule has 1 aliphatic rings. The topological polar surface area (TPSA) is 175 Å². The zero-order valence-electron chi connectivity index (χ0n) is 52.7. The third-order valence-electron chi connectivity index (χ3n) is 16.9. The summed E-state index contributed by atoms with van der Waals surface area (Å²) in [5.74, 6) is -1.17. The molecule has 474 valence electrons. The molecule has 1 aliphatic heterocycles. The van der Waals surface area contributed by atoms with Gasteiger partial charge in [-0.1, -0.05) is 335 Å². The number of nitrogens with one attached hydrogen (secondary N) is 1. The van der Waals surface area contributed by atoms with E-state index in [0.717, 1.165) is 57.8 Å². The van der Waals surface area contributed by atoms with Crippen LogP contribution in [-0.2, 0) is 23.8 Å². The number of carbonyl (C=O) groups excluding carboxylic acids is 2. The zero-order chi connectivity index (χ0) is 58.2. The summed E-state index contributed by atoms with van der Waals surface area (Å²) in [6.45, 7) is 5.85. The first-order valence-electron chi connectivity index (χ1n) is 35.0. The van der Waals surface area contributed by atoms with Crippen molar-refractivity contribution in [2.75, 3.05) is 13.2 Å². The Bertz CT molecular complexity index is 1350.